The predicted molar refractivity (Wildman–Crippen MR) is 130 cm³/mol. The van der Waals surface area contributed by atoms with E-state index < -0.39 is 0 Å². The molecule has 1 aliphatic heterocycles. The number of carbonyl (C=O) groups excluding carboxylic acids is 1. The molecule has 0 atom stereocenters. The van der Waals surface area contributed by atoms with Gasteiger partial charge in [-0.15, -0.1) is 0 Å². The van der Waals surface area contributed by atoms with Crippen molar-refractivity contribution in [2.45, 2.75) is 6.92 Å². The van der Waals surface area contributed by atoms with Crippen molar-refractivity contribution in [3.63, 3.8) is 0 Å². The molecule has 7 nitrogen and oxygen atoms in total. The Morgan fingerprint density at radius 2 is 1.61 bits per heavy atom. The summed E-state index contributed by atoms with van der Waals surface area (Å²) in [5.74, 6) is 1.30. The molecule has 2 aromatic carbocycles. The Kier molecular flexibility index (Phi) is 5.85. The van der Waals surface area contributed by atoms with Gasteiger partial charge in [0.05, 0.1) is 17.7 Å². The summed E-state index contributed by atoms with van der Waals surface area (Å²) < 4.78 is 5.08. The molecule has 0 aliphatic carbocycles. The van der Waals surface area contributed by atoms with Crippen LogP contribution >= 0.6 is 0 Å². The average molecular weight is 440 g/mol. The summed E-state index contributed by atoms with van der Waals surface area (Å²) in [7, 11) is 0. The number of carbonyl (C=O) groups is 1. The van der Waals surface area contributed by atoms with Crippen molar-refractivity contribution in [1.82, 2.24) is 15.0 Å². The smallest absolute Gasteiger partial charge is 0.338 e. The van der Waals surface area contributed by atoms with Crippen LogP contribution in [0.2, 0.25) is 0 Å². The molecule has 0 amide bonds. The summed E-state index contributed by atoms with van der Waals surface area (Å²) in [5, 5.41) is 1.05. The molecule has 0 spiro atoms. The normalized spacial score (nSPS) is 13.8. The number of esters is 1. The lowest BCUT2D eigenvalue weighted by molar-refractivity contribution is 0.0526. The van der Waals surface area contributed by atoms with E-state index in [1.165, 1.54) is 0 Å². The van der Waals surface area contributed by atoms with Gasteiger partial charge in [0.15, 0.2) is 5.82 Å². The third-order valence-corrected chi connectivity index (χ3v) is 5.80. The van der Waals surface area contributed by atoms with Crippen molar-refractivity contribution in [2.75, 3.05) is 42.6 Å². The number of fused-ring (bicyclic) bond motifs is 1. The highest BCUT2D eigenvalue weighted by molar-refractivity contribution is 5.91. The fourth-order valence-electron chi connectivity index (χ4n) is 4.11. The van der Waals surface area contributed by atoms with E-state index in [1.807, 2.05) is 67.6 Å². The SMILES string of the molecule is CCOC(=O)c1ccc(N2CCN(c3nc(-c4ccccn4)nc4ccccc34)CC2)cc1. The average Bonchev–Trinajstić information content (AvgIpc) is 2.89. The van der Waals surface area contributed by atoms with E-state index in [-0.39, 0.29) is 5.97 Å². The molecule has 2 aromatic heterocycles. The van der Waals surface area contributed by atoms with Crippen molar-refractivity contribution in [3.05, 3.63) is 78.5 Å². The lowest BCUT2D eigenvalue weighted by atomic mass is 10.1. The van der Waals surface area contributed by atoms with Crippen molar-refractivity contribution in [1.29, 1.82) is 0 Å². The minimum atomic E-state index is -0.284. The van der Waals surface area contributed by atoms with Gasteiger partial charge in [-0.05, 0) is 55.5 Å². The van der Waals surface area contributed by atoms with Crippen LogP contribution < -0.4 is 9.80 Å². The van der Waals surface area contributed by atoms with Crippen LogP contribution in [0.15, 0.2) is 72.9 Å². The number of hydrogen-bond donors (Lipinski definition) is 0. The molecule has 1 aliphatic rings. The van der Waals surface area contributed by atoms with Gasteiger partial charge >= 0.3 is 5.97 Å². The maximum atomic E-state index is 11.9. The summed E-state index contributed by atoms with van der Waals surface area (Å²) in [6.07, 6.45) is 1.76. The van der Waals surface area contributed by atoms with Gasteiger partial charge in [0, 0.05) is 43.4 Å². The maximum absolute atomic E-state index is 11.9. The number of aromatic nitrogens is 3. The Balaban J connectivity index is 1.37. The van der Waals surface area contributed by atoms with Gasteiger partial charge in [-0.3, -0.25) is 4.98 Å². The second-order valence-electron chi connectivity index (χ2n) is 7.84. The molecule has 4 aromatic rings. The highest BCUT2D eigenvalue weighted by Gasteiger charge is 2.22. The molecule has 0 unspecified atom stereocenters. The largest absolute Gasteiger partial charge is 0.462 e. The van der Waals surface area contributed by atoms with E-state index in [2.05, 4.69) is 20.9 Å². The fourth-order valence-corrected chi connectivity index (χ4v) is 4.11. The first-order valence-electron chi connectivity index (χ1n) is 11.2. The number of nitrogens with zero attached hydrogens (tertiary/aromatic N) is 5. The quantitative estimate of drug-likeness (QED) is 0.432. The third kappa shape index (κ3) is 4.35. The first kappa shape index (κ1) is 20.9. The lowest BCUT2D eigenvalue weighted by Crippen LogP contribution is -2.47. The molecule has 7 heteroatoms. The van der Waals surface area contributed by atoms with E-state index in [1.54, 1.807) is 6.20 Å². The van der Waals surface area contributed by atoms with Crippen molar-refractivity contribution in [2.24, 2.45) is 0 Å². The molecule has 0 radical (unpaired) electrons. The second-order valence-corrected chi connectivity index (χ2v) is 7.84. The monoisotopic (exact) mass is 439 g/mol. The third-order valence-electron chi connectivity index (χ3n) is 5.80. The summed E-state index contributed by atoms with van der Waals surface area (Å²) >= 11 is 0. The van der Waals surface area contributed by atoms with Crippen LogP contribution in [0, 0.1) is 0 Å². The van der Waals surface area contributed by atoms with Gasteiger partial charge in [0.2, 0.25) is 0 Å². The minimum Gasteiger partial charge on any atom is -0.462 e. The van der Waals surface area contributed by atoms with Crippen molar-refractivity contribution < 1.29 is 9.53 Å². The number of hydrogen-bond acceptors (Lipinski definition) is 7. The van der Waals surface area contributed by atoms with E-state index in [4.69, 9.17) is 14.7 Å². The molecule has 33 heavy (non-hydrogen) atoms. The van der Waals surface area contributed by atoms with Crippen LogP contribution in [-0.2, 0) is 4.74 Å². The summed E-state index contributed by atoms with van der Waals surface area (Å²) in [5.41, 5.74) is 3.36. The van der Waals surface area contributed by atoms with E-state index >= 15 is 0 Å². The highest BCUT2D eigenvalue weighted by Crippen LogP contribution is 2.28. The molecule has 0 bridgehead atoms. The van der Waals surface area contributed by atoms with E-state index in [0.29, 0.717) is 18.0 Å². The van der Waals surface area contributed by atoms with Crippen LogP contribution in [0.4, 0.5) is 11.5 Å². The molecule has 0 N–H and O–H groups in total. The number of ether oxygens (including phenoxy) is 1. The Bertz CT molecular complexity index is 1250. The number of piperazine rings is 1. The number of benzene rings is 2. The van der Waals surface area contributed by atoms with E-state index in [9.17, 15) is 4.79 Å². The van der Waals surface area contributed by atoms with Gasteiger partial charge in [0.1, 0.15) is 11.5 Å². The molecule has 3 heterocycles. The standard InChI is InChI=1S/C26H25N5O2/c1-2-33-26(32)19-10-12-20(13-11-19)30-15-17-31(18-16-30)25-21-7-3-4-8-22(21)28-24(29-25)23-9-5-6-14-27-23/h3-14H,2,15-18H2,1H3. The topological polar surface area (TPSA) is 71.5 Å². The Morgan fingerprint density at radius 3 is 2.33 bits per heavy atom. The Morgan fingerprint density at radius 1 is 0.879 bits per heavy atom. The van der Waals surface area contributed by atoms with Crippen LogP contribution in [0.3, 0.4) is 0 Å². The van der Waals surface area contributed by atoms with Gasteiger partial charge < -0.3 is 14.5 Å². The van der Waals surface area contributed by atoms with E-state index in [0.717, 1.165) is 54.3 Å². The first-order chi connectivity index (χ1) is 16.2. The van der Waals surface area contributed by atoms with Gasteiger partial charge in [-0.1, -0.05) is 18.2 Å². The van der Waals surface area contributed by atoms with Crippen molar-refractivity contribution >= 4 is 28.4 Å². The Labute approximate surface area is 192 Å². The lowest BCUT2D eigenvalue weighted by Gasteiger charge is -2.37. The molecule has 0 saturated carbocycles. The van der Waals surface area contributed by atoms with Crippen LogP contribution in [0.25, 0.3) is 22.4 Å². The highest BCUT2D eigenvalue weighted by atomic mass is 16.5. The number of anilines is 2. The van der Waals surface area contributed by atoms with Crippen molar-refractivity contribution in [3.8, 4) is 11.5 Å². The van der Waals surface area contributed by atoms with Gasteiger partial charge in [0.25, 0.3) is 0 Å². The molecular formula is C26H25N5O2. The van der Waals surface area contributed by atoms with Crippen LogP contribution in [-0.4, -0.2) is 53.7 Å². The molecule has 1 fully saturated rings. The summed E-state index contributed by atoms with van der Waals surface area (Å²) in [6.45, 7) is 5.57. The fraction of sp³-hybridized carbons (Fsp3) is 0.231. The van der Waals surface area contributed by atoms with Gasteiger partial charge in [-0.2, -0.15) is 0 Å². The second kappa shape index (κ2) is 9.24. The molecule has 1 saturated heterocycles. The summed E-state index contributed by atoms with van der Waals surface area (Å²) in [4.78, 5) is 30.7. The zero-order valence-electron chi connectivity index (χ0n) is 18.5. The number of para-hydroxylation sites is 1. The first-order valence-corrected chi connectivity index (χ1v) is 11.2. The molecule has 5 rings (SSSR count). The minimum absolute atomic E-state index is 0.284. The zero-order chi connectivity index (χ0) is 22.6. The van der Waals surface area contributed by atoms with Crippen LogP contribution in [0.5, 0.6) is 0 Å². The summed E-state index contributed by atoms with van der Waals surface area (Å²) in [6, 6.07) is 21.5. The molecule has 166 valence electrons. The molecular weight excluding hydrogens is 414 g/mol. The number of pyridine rings is 1. The predicted octanol–water partition coefficient (Wildman–Crippen LogP) is 4.20. The maximum Gasteiger partial charge on any atom is 0.338 e. The van der Waals surface area contributed by atoms with Gasteiger partial charge in [-0.25, -0.2) is 14.8 Å². The number of rotatable bonds is 5. The zero-order valence-corrected chi connectivity index (χ0v) is 18.5. The van der Waals surface area contributed by atoms with Crippen LogP contribution in [0.1, 0.15) is 17.3 Å². The Hall–Kier alpha value is -4.00.